The molecule has 0 aliphatic carbocycles. The van der Waals surface area contributed by atoms with Crippen molar-refractivity contribution < 1.29 is 126 Å². The van der Waals surface area contributed by atoms with Crippen LogP contribution in [0.4, 0.5) is 92.0 Å². The smallest absolute Gasteiger partial charge is 0.296 e. The zero-order chi connectivity index (χ0) is 89.4. The van der Waals surface area contributed by atoms with Gasteiger partial charge < -0.3 is 71.2 Å². The summed E-state index contributed by atoms with van der Waals surface area (Å²) in [5, 5.41) is 55.6. The van der Waals surface area contributed by atoms with Crippen molar-refractivity contribution in [2.45, 2.75) is 86.0 Å². The van der Waals surface area contributed by atoms with Gasteiger partial charge in [-0.05, 0) is 191 Å². The number of fused-ring (bicyclic) bond motifs is 2. The molecule has 0 amide bonds. The molecule has 0 bridgehead atoms. The normalized spacial score (nSPS) is 11.5. The molecule has 10 N–H and O–H groups in total. The maximum atomic E-state index is 12.1. The number of hydrogen-bond acceptors (Lipinski definition) is 36. The van der Waals surface area contributed by atoms with Crippen LogP contribution in [-0.4, -0.2) is 177 Å². The van der Waals surface area contributed by atoms with Crippen LogP contribution in [0.15, 0.2) is 166 Å². The van der Waals surface area contributed by atoms with Crippen molar-refractivity contribution in [1.82, 2.24) is 59.8 Å². The summed E-state index contributed by atoms with van der Waals surface area (Å²) in [5.74, 6) is 4.08. The van der Waals surface area contributed by atoms with Gasteiger partial charge in [-0.25, -0.2) is 15.0 Å². The van der Waals surface area contributed by atoms with Crippen LogP contribution in [-0.2, 0) is 40.5 Å². The quantitative estimate of drug-likeness (QED) is 0.0193. The number of azo groups is 4. The Morgan fingerprint density at radius 2 is 0.702 bits per heavy atom. The molecule has 40 nitrogen and oxygen atoms in total. The van der Waals surface area contributed by atoms with Gasteiger partial charge in [0.05, 0.1) is 34.7 Å². The number of anilines is 10. The minimum Gasteiger partial charge on any atom is -0.505 e. The van der Waals surface area contributed by atoms with Crippen molar-refractivity contribution in [3.8, 4) is 11.5 Å². The fraction of sp³-hybridized carbons (Fsp3) is 0.253. The van der Waals surface area contributed by atoms with E-state index in [-0.39, 0.29) is 131 Å². The summed E-state index contributed by atoms with van der Waals surface area (Å²) in [6.07, 6.45) is 6.28. The van der Waals surface area contributed by atoms with Crippen molar-refractivity contribution >= 4 is 154 Å². The third-order valence-electron chi connectivity index (χ3n) is 16.7. The van der Waals surface area contributed by atoms with Crippen LogP contribution in [0.3, 0.4) is 0 Å². The number of rotatable bonds is 16. The first-order valence-electron chi connectivity index (χ1n) is 35.2. The molecule has 8 aromatic carbocycles. The number of phenols is 2. The zero-order valence-electron chi connectivity index (χ0n) is 69.9. The van der Waals surface area contributed by atoms with Crippen molar-refractivity contribution in [2.24, 2.45) is 40.9 Å². The van der Waals surface area contributed by atoms with E-state index in [0.717, 1.165) is 29.1 Å². The molecule has 12 rings (SSSR count). The van der Waals surface area contributed by atoms with E-state index in [0.29, 0.717) is 91.9 Å². The van der Waals surface area contributed by atoms with Crippen molar-refractivity contribution in [3.63, 3.8) is 0 Å². The first-order valence-corrected chi connectivity index (χ1v) is 41.3. The second kappa shape index (κ2) is 43.4. The summed E-state index contributed by atoms with van der Waals surface area (Å²) in [7, 11) is -6.52. The van der Waals surface area contributed by atoms with Gasteiger partial charge in [0.25, 0.3) is 40.5 Å². The molecule has 12 aromatic rings. The van der Waals surface area contributed by atoms with E-state index in [1.165, 1.54) is 71.6 Å². The summed E-state index contributed by atoms with van der Waals surface area (Å²) in [5.41, 5.74) is 22.4. The summed E-state index contributed by atoms with van der Waals surface area (Å²) >= 11 is 0. The molecular weight excluding hydrogens is 2090 g/mol. The maximum Gasteiger partial charge on any atom is 0.296 e. The summed E-state index contributed by atoms with van der Waals surface area (Å²) in [6, 6.07) is 30.8. The Labute approximate surface area is 748 Å². The van der Waals surface area contributed by atoms with Crippen LogP contribution >= 0.6 is 0 Å². The Morgan fingerprint density at radius 1 is 0.372 bits per heavy atom. The van der Waals surface area contributed by atoms with Crippen LogP contribution in [0.1, 0.15) is 63.9 Å². The Balaban J connectivity index is 0.000000290. The molecule has 0 radical (unpaired) electrons. The average molecular weight is 2180 g/mol. The fourth-order valence-corrected chi connectivity index (χ4v) is 11.9. The monoisotopic (exact) mass is 2180 g/mol. The molecule has 0 atom stereocenters. The Hall–Kier alpha value is -11.1. The number of aromatic hydroxyl groups is 2. The number of nitrogens with zero attached hydrogens (tertiary/aromatic N) is 24. The standard InChI is InChI=1S/C23H23N9O4S.C23H22N9O4S.C14H18N4.C13H15N4.2CH4O3S.2U/c2*1-12-9-14-5-7-16(29-25-3)20(24)19(14)22(33)21(12)31-30-17-10-15(6-8-18(17)37(34,35)36)32(4)23-27-11-26-13(2)28-23;1-9-6-7-13(8-10(9)2)18(5)14-16-11(3)15-12(4)17-14;1-9-5-6-12(7-10(9)2)17(4)13-15-8-14-11(3)16-13;2*1-5(2,3)4;;/h5-11,33H,24H2,1-4H3,(H,34,35,36);5-10,33H,24H2,1-4H3,(H,34,35,36);6-8H,1-5H3;5-7H,1-4H3;2*1H3,(H,2,3,4);;/q;-1;;-1;;;;/i11T;;;;;;;. The summed E-state index contributed by atoms with van der Waals surface area (Å²) < 4.78 is 127. The average Bonchev–Trinajstić information content (AvgIpc) is 0.769. The number of hydrogen-bond donors (Lipinski definition) is 8. The van der Waals surface area contributed by atoms with E-state index < -0.39 is 50.3 Å². The van der Waals surface area contributed by atoms with E-state index in [1.807, 2.05) is 44.7 Å². The van der Waals surface area contributed by atoms with Crippen LogP contribution in [0.25, 0.3) is 21.5 Å². The minimum absolute atomic E-state index is 0. The van der Waals surface area contributed by atoms with Gasteiger partial charge in [0, 0.05) is 152 Å². The first-order chi connectivity index (χ1) is 56.0. The number of benzene rings is 8. The third kappa shape index (κ3) is 28.5. The number of nitrogens with two attached hydrogens (primary N) is 2. The molecule has 4 heterocycles. The minimum atomic E-state index is -4.68. The van der Waals surface area contributed by atoms with Gasteiger partial charge in [-0.2, -0.15) is 69.1 Å². The number of phenolic OH excluding ortho intramolecular Hbond substituents is 2. The van der Waals surface area contributed by atoms with Gasteiger partial charge in [0.2, 0.25) is 11.9 Å². The van der Waals surface area contributed by atoms with Crippen molar-refractivity contribution in [2.75, 3.05) is 85.9 Å². The van der Waals surface area contributed by atoms with Gasteiger partial charge in [-0.15, -0.1) is 20.5 Å². The molecule has 0 saturated carbocycles. The van der Waals surface area contributed by atoms with E-state index >= 15 is 0 Å². The van der Waals surface area contributed by atoms with Crippen LogP contribution in [0.2, 0.25) is 0 Å². The van der Waals surface area contributed by atoms with Crippen molar-refractivity contribution in [3.05, 3.63) is 191 Å². The molecular formula is C75H86N26O14S4U2-2. The largest absolute Gasteiger partial charge is 0.505 e. The first kappa shape index (κ1) is 98.7. The molecule has 0 spiro atoms. The van der Waals surface area contributed by atoms with E-state index in [1.54, 1.807) is 83.1 Å². The number of aromatic nitrogens is 12. The van der Waals surface area contributed by atoms with Crippen LogP contribution in [0, 0.1) is 151 Å². The van der Waals surface area contributed by atoms with E-state index in [2.05, 4.69) is 177 Å². The predicted molar refractivity (Wildman–Crippen MR) is 451 cm³/mol. The molecule has 0 fully saturated rings. The van der Waals surface area contributed by atoms with Crippen LogP contribution in [0.5, 0.6) is 11.5 Å². The molecule has 634 valence electrons. The molecule has 0 saturated heterocycles. The SMILES string of the molecule is CN=Nc1ccc2cc(C)c(N=Nc3cc(N(C)c4n[c-]nc(C)n4)ccc3S(=O)(=O)O)c(O)c2c1N.CS(=O)(=O)O.CS(=O)(=O)O.Cc1n[c-]nc(N(C)c2ccc(C)c(C)c2)n1.Cc1nc(C)nc(N(C)c2ccc(C)c(C)c2)n1.[3H]c1nc(C)nc(N(C)c2ccc(S(=O)(=O)O)c(N=Nc3c(C)cc4ccc(N=NC)c(N)c4c3O)c2)n1.[U].[U]. The van der Waals surface area contributed by atoms with Crippen molar-refractivity contribution in [1.29, 1.82) is 0 Å². The summed E-state index contributed by atoms with van der Waals surface area (Å²) in [6.45, 7) is 20.7. The van der Waals surface area contributed by atoms with E-state index in [9.17, 15) is 53.0 Å². The van der Waals surface area contributed by atoms with Gasteiger partial charge in [0.1, 0.15) is 81.0 Å². The Kier molecular flexibility index (Phi) is 35.4. The number of aryl methyl sites for hydroxylation is 11. The predicted octanol–water partition coefficient (Wildman–Crippen LogP) is 14.2. The molecule has 121 heavy (non-hydrogen) atoms. The van der Waals surface area contributed by atoms with Gasteiger partial charge >= 0.3 is 0 Å². The fourth-order valence-electron chi connectivity index (χ4n) is 10.6. The Bertz CT molecular complexity index is 6390. The second-order valence-corrected chi connectivity index (χ2v) is 31.8. The third-order valence-corrected chi connectivity index (χ3v) is 18.5. The molecule has 0 unspecified atom stereocenters. The van der Waals surface area contributed by atoms with Gasteiger partial charge in [-0.1, -0.05) is 38.1 Å². The molecule has 46 heteroatoms. The van der Waals surface area contributed by atoms with Gasteiger partial charge in [-0.3, -0.25) is 18.2 Å². The van der Waals surface area contributed by atoms with Crippen LogP contribution < -0.4 is 31.1 Å². The molecule has 0 aliphatic rings. The second-order valence-electron chi connectivity index (χ2n) is 26.0. The topological polar surface area (TPSA) is 576 Å². The molecule has 4 aromatic heterocycles. The molecule has 0 aliphatic heterocycles. The summed E-state index contributed by atoms with van der Waals surface area (Å²) in [4.78, 5) is 55.1. The number of nitrogen functional groups attached to an aromatic ring is 2. The zero-order valence-corrected chi connectivity index (χ0v) is 80.5. The van der Waals surface area contributed by atoms with Gasteiger partial charge in [0.15, 0.2) is 11.5 Å². The van der Waals surface area contributed by atoms with E-state index in [4.69, 9.17) is 21.9 Å². The maximum absolute atomic E-state index is 12.1. The Morgan fingerprint density at radius 3 is 1.04 bits per heavy atom.